The normalized spacial score (nSPS) is 15.1. The summed E-state index contributed by atoms with van der Waals surface area (Å²) in [7, 11) is -5.99. The van der Waals surface area contributed by atoms with Gasteiger partial charge in [0.15, 0.2) is 16.6 Å². The average Bonchev–Trinajstić information content (AvgIpc) is 2.50. The molecule has 152 valence electrons. The Morgan fingerprint density at radius 1 is 1.04 bits per heavy atom. The molecule has 1 aromatic rings. The van der Waals surface area contributed by atoms with Crippen LogP contribution in [0.3, 0.4) is 0 Å². The monoisotopic (exact) mass is 439 g/mol. The molecule has 1 unspecified atom stereocenters. The van der Waals surface area contributed by atoms with Crippen molar-refractivity contribution in [1.82, 2.24) is 0 Å². The zero-order valence-corrected chi connectivity index (χ0v) is 22.6. The van der Waals surface area contributed by atoms with Crippen molar-refractivity contribution >= 4 is 50.6 Å². The van der Waals surface area contributed by atoms with Crippen LogP contribution in [0.15, 0.2) is 36.5 Å². The Hall–Kier alpha value is -0.782. The predicted octanol–water partition coefficient (Wildman–Crippen LogP) is 4.60. The fraction of sp³-hybridized carbons (Fsp3) is 0.526. The van der Waals surface area contributed by atoms with Crippen LogP contribution in [0.2, 0.25) is 58.0 Å². The molecule has 1 aromatic carbocycles. The van der Waals surface area contributed by atoms with E-state index >= 15 is 0 Å². The van der Waals surface area contributed by atoms with Crippen LogP contribution in [0.25, 0.3) is 0 Å². The van der Waals surface area contributed by atoms with E-state index < -0.39 is 33.3 Å². The van der Waals surface area contributed by atoms with Crippen LogP contribution in [-0.2, 0) is 13.0 Å². The number of anilines is 1. The number of carbonyl (C=O) groups is 1. The van der Waals surface area contributed by atoms with Crippen LogP contribution < -0.4 is 10.1 Å². The first-order valence-corrected chi connectivity index (χ1v) is 21.6. The van der Waals surface area contributed by atoms with Crippen molar-refractivity contribution in [3.8, 4) is 0 Å². The van der Waals surface area contributed by atoms with Crippen LogP contribution in [0.1, 0.15) is 0 Å². The van der Waals surface area contributed by atoms with Gasteiger partial charge in [0.1, 0.15) is 0 Å². The zero-order chi connectivity index (χ0) is 21.1. The molecule has 0 aromatic heterocycles. The Balaban J connectivity index is 3.05. The van der Waals surface area contributed by atoms with Crippen molar-refractivity contribution in [2.75, 3.05) is 11.9 Å². The van der Waals surface area contributed by atoms with Gasteiger partial charge >= 0.3 is 8.56 Å². The summed E-state index contributed by atoms with van der Waals surface area (Å²) in [6, 6.07) is 8.38. The van der Waals surface area contributed by atoms with Gasteiger partial charge in [0.2, 0.25) is 6.41 Å². The maximum Gasteiger partial charge on any atom is 0.340 e. The lowest BCUT2D eigenvalue weighted by molar-refractivity contribution is -0.107. The molecule has 4 nitrogen and oxygen atoms in total. The van der Waals surface area contributed by atoms with E-state index in [0.29, 0.717) is 0 Å². The van der Waals surface area contributed by atoms with Gasteiger partial charge in [0.25, 0.3) is 0 Å². The van der Waals surface area contributed by atoms with Gasteiger partial charge < -0.3 is 13.1 Å². The van der Waals surface area contributed by atoms with E-state index in [1.54, 1.807) is 11.9 Å². The quantitative estimate of drug-likeness (QED) is 0.395. The van der Waals surface area contributed by atoms with E-state index in [-0.39, 0.29) is 0 Å². The molecule has 8 heteroatoms. The molecule has 0 heterocycles. The summed E-state index contributed by atoms with van der Waals surface area (Å²) in [4.78, 5) is 12.7. The molecule has 1 amide bonds. The minimum Gasteiger partial charge on any atom is -0.434 e. The maximum atomic E-state index is 11.1. The lowest BCUT2D eigenvalue weighted by Crippen LogP contribution is -2.56. The van der Waals surface area contributed by atoms with E-state index in [9.17, 15) is 4.79 Å². The largest absolute Gasteiger partial charge is 0.434 e. The summed E-state index contributed by atoms with van der Waals surface area (Å²) in [5.74, 6) is 0. The van der Waals surface area contributed by atoms with Crippen molar-refractivity contribution < 1.29 is 13.0 Å². The Labute approximate surface area is 170 Å². The average molecular weight is 440 g/mol. The second-order valence-electron chi connectivity index (χ2n) is 9.62. The minimum absolute atomic E-state index is 0.852. The van der Waals surface area contributed by atoms with Crippen molar-refractivity contribution in [2.45, 2.75) is 58.0 Å². The molecule has 1 rings (SSSR count). The third kappa shape index (κ3) is 7.63. The van der Waals surface area contributed by atoms with E-state index in [0.717, 1.165) is 17.8 Å². The molecule has 1 atom stereocenters. The first-order chi connectivity index (χ1) is 12.1. The number of carbonyl (C=O) groups excluding carboxylic acids is 1. The Kier molecular flexibility index (Phi) is 7.82. The number of amides is 1. The molecule has 27 heavy (non-hydrogen) atoms. The molecule has 0 aliphatic heterocycles. The van der Waals surface area contributed by atoms with Crippen LogP contribution in [0.5, 0.6) is 0 Å². The molecule has 0 radical (unpaired) electrons. The fourth-order valence-corrected chi connectivity index (χ4v) is 25.5. The molecular weight excluding hydrogens is 403 g/mol. The second kappa shape index (κ2) is 8.71. The standard InChI is InChI=1S/C19H37NO3Si4/c1-11-27(10,22-24(3,4)5)23-26(8,9)17-25(6,7)19-14-12-13-18(15-19)20(2)16-21/h11-16H,1,17H2,2-10H3. The van der Waals surface area contributed by atoms with Gasteiger partial charge in [0, 0.05) is 12.7 Å². The topological polar surface area (TPSA) is 38.8 Å². The van der Waals surface area contributed by atoms with E-state index in [1.807, 2.05) is 17.8 Å². The summed E-state index contributed by atoms with van der Waals surface area (Å²) in [6.07, 6.45) is 0.852. The summed E-state index contributed by atoms with van der Waals surface area (Å²) in [5, 5.41) is 1.35. The van der Waals surface area contributed by atoms with Crippen molar-refractivity contribution in [3.63, 3.8) is 0 Å². The first-order valence-electron chi connectivity index (χ1n) is 9.46. The number of rotatable bonds is 10. The van der Waals surface area contributed by atoms with E-state index in [2.05, 4.69) is 71.1 Å². The Morgan fingerprint density at radius 3 is 2.11 bits per heavy atom. The lowest BCUT2D eigenvalue weighted by Gasteiger charge is -2.40. The van der Waals surface area contributed by atoms with Gasteiger partial charge in [-0.3, -0.25) is 4.79 Å². The Morgan fingerprint density at radius 2 is 1.63 bits per heavy atom. The second-order valence-corrected chi connectivity index (χ2v) is 27.2. The highest BCUT2D eigenvalue weighted by Gasteiger charge is 2.43. The number of nitrogens with zero attached hydrogens (tertiary/aromatic N) is 1. The van der Waals surface area contributed by atoms with Gasteiger partial charge in [-0.05, 0) is 57.1 Å². The van der Waals surface area contributed by atoms with E-state index in [4.69, 9.17) is 8.23 Å². The van der Waals surface area contributed by atoms with Gasteiger partial charge in [-0.15, -0.1) is 6.58 Å². The van der Waals surface area contributed by atoms with E-state index in [1.165, 1.54) is 5.19 Å². The van der Waals surface area contributed by atoms with Gasteiger partial charge in [-0.2, -0.15) is 0 Å². The summed E-state index contributed by atoms with van der Waals surface area (Å²) in [5.41, 5.74) is 3.98. The van der Waals surface area contributed by atoms with Gasteiger partial charge in [-0.1, -0.05) is 36.1 Å². The highest BCUT2D eigenvalue weighted by molar-refractivity contribution is 7.02. The summed E-state index contributed by atoms with van der Waals surface area (Å²) < 4.78 is 13.2. The molecule has 0 bridgehead atoms. The summed E-state index contributed by atoms with van der Waals surface area (Å²) in [6.45, 7) is 22.1. The molecule has 0 spiro atoms. The number of hydrogen-bond donors (Lipinski definition) is 0. The third-order valence-corrected chi connectivity index (χ3v) is 21.9. The predicted molar refractivity (Wildman–Crippen MR) is 128 cm³/mol. The van der Waals surface area contributed by atoms with Crippen LogP contribution in [0.4, 0.5) is 5.69 Å². The fourth-order valence-electron chi connectivity index (χ4n) is 3.67. The van der Waals surface area contributed by atoms with Crippen LogP contribution in [-0.4, -0.2) is 46.7 Å². The SMILES string of the molecule is C=C[Si](C)(O[Si](C)(C)C)O[Si](C)(C)C[Si](C)(C)c1cccc(N(C)C=O)c1. The molecule has 0 aliphatic rings. The van der Waals surface area contributed by atoms with Crippen LogP contribution >= 0.6 is 0 Å². The molecule has 0 aliphatic carbocycles. The molecular formula is C19H37NO3Si4. The minimum atomic E-state index is -2.37. The van der Waals surface area contributed by atoms with Crippen LogP contribution in [0, 0.1) is 0 Å². The third-order valence-electron chi connectivity index (χ3n) is 4.42. The molecule has 0 saturated heterocycles. The highest BCUT2D eigenvalue weighted by atomic mass is 28.5. The Bertz CT molecular complexity index is 673. The smallest absolute Gasteiger partial charge is 0.340 e. The molecule has 0 fully saturated rings. The summed E-state index contributed by atoms with van der Waals surface area (Å²) >= 11 is 0. The van der Waals surface area contributed by atoms with Crippen molar-refractivity contribution in [2.24, 2.45) is 0 Å². The zero-order valence-electron chi connectivity index (χ0n) is 18.6. The van der Waals surface area contributed by atoms with Gasteiger partial charge in [0.05, 0.1) is 8.07 Å². The molecule has 0 N–H and O–H groups in total. The maximum absolute atomic E-state index is 11.1. The lowest BCUT2D eigenvalue weighted by atomic mass is 10.3. The molecule has 0 saturated carbocycles. The highest BCUT2D eigenvalue weighted by Crippen LogP contribution is 2.28. The number of benzene rings is 1. The van der Waals surface area contributed by atoms with Crippen molar-refractivity contribution in [3.05, 3.63) is 36.5 Å². The van der Waals surface area contributed by atoms with Crippen molar-refractivity contribution in [1.29, 1.82) is 0 Å². The van der Waals surface area contributed by atoms with Gasteiger partial charge in [-0.25, -0.2) is 0 Å². The number of hydrogen-bond acceptors (Lipinski definition) is 3. The first kappa shape index (κ1) is 24.3.